The number of aliphatic hydroxyl groups is 1. The quantitative estimate of drug-likeness (QED) is 0.854. The molecule has 0 aromatic carbocycles. The van der Waals surface area contributed by atoms with E-state index in [9.17, 15) is 5.11 Å². The van der Waals surface area contributed by atoms with E-state index in [1.165, 1.54) is 6.33 Å². The second-order valence-electron chi connectivity index (χ2n) is 5.14. The molecule has 0 radical (unpaired) electrons. The first-order valence-corrected chi connectivity index (χ1v) is 7.07. The highest BCUT2D eigenvalue weighted by molar-refractivity contribution is 5.47. The van der Waals surface area contributed by atoms with Crippen molar-refractivity contribution in [2.24, 2.45) is 5.92 Å². The van der Waals surface area contributed by atoms with Gasteiger partial charge in [0.05, 0.1) is 18.3 Å². The first-order chi connectivity index (χ1) is 9.20. The van der Waals surface area contributed by atoms with E-state index in [1.807, 2.05) is 13.8 Å². The molecule has 2 N–H and O–H groups in total. The van der Waals surface area contributed by atoms with Gasteiger partial charge in [0.15, 0.2) is 0 Å². The molecule has 1 aromatic heterocycles. The summed E-state index contributed by atoms with van der Waals surface area (Å²) in [5.41, 5.74) is 0.959. The summed E-state index contributed by atoms with van der Waals surface area (Å²) in [6.45, 7) is 5.42. The monoisotopic (exact) mass is 265 g/mol. The van der Waals surface area contributed by atoms with Gasteiger partial charge in [-0.15, -0.1) is 0 Å². The average molecular weight is 265 g/mol. The maximum absolute atomic E-state index is 9.49. The number of nitrogens with zero attached hydrogens (tertiary/aromatic N) is 2. The molecule has 0 saturated heterocycles. The third-order valence-electron chi connectivity index (χ3n) is 3.69. The van der Waals surface area contributed by atoms with Crippen molar-refractivity contribution in [1.82, 2.24) is 9.97 Å². The van der Waals surface area contributed by atoms with Crippen LogP contribution in [0.3, 0.4) is 0 Å². The molecule has 0 atom stereocenters. The van der Waals surface area contributed by atoms with Gasteiger partial charge in [-0.3, -0.25) is 0 Å². The van der Waals surface area contributed by atoms with Crippen LogP contribution in [0.2, 0.25) is 0 Å². The molecular formula is C14H23N3O2. The molecule has 1 aliphatic rings. The van der Waals surface area contributed by atoms with Crippen molar-refractivity contribution in [3.05, 3.63) is 11.9 Å². The molecule has 0 bridgehead atoms. The van der Waals surface area contributed by atoms with Gasteiger partial charge in [-0.1, -0.05) is 0 Å². The van der Waals surface area contributed by atoms with Crippen LogP contribution >= 0.6 is 0 Å². The molecule has 0 aliphatic heterocycles. The molecule has 5 nitrogen and oxygen atoms in total. The van der Waals surface area contributed by atoms with Crippen LogP contribution in [0.15, 0.2) is 6.33 Å². The Bertz CT molecular complexity index is 404. The van der Waals surface area contributed by atoms with Crippen LogP contribution in [0.4, 0.5) is 5.82 Å². The second-order valence-corrected chi connectivity index (χ2v) is 5.14. The number of aromatic nitrogens is 2. The lowest BCUT2D eigenvalue weighted by atomic mass is 9.87. The summed E-state index contributed by atoms with van der Waals surface area (Å²) in [4.78, 5) is 8.40. The highest BCUT2D eigenvalue weighted by Gasteiger charge is 2.19. The number of anilines is 1. The fourth-order valence-corrected chi connectivity index (χ4v) is 2.48. The molecule has 1 aliphatic carbocycles. The van der Waals surface area contributed by atoms with Crippen LogP contribution in [0.1, 0.15) is 38.2 Å². The Balaban J connectivity index is 1.90. The van der Waals surface area contributed by atoms with Gasteiger partial charge in [0.2, 0.25) is 5.88 Å². The molecule has 1 aromatic rings. The van der Waals surface area contributed by atoms with Gasteiger partial charge in [-0.2, -0.15) is 0 Å². The van der Waals surface area contributed by atoms with Crippen LogP contribution in [-0.2, 0) is 0 Å². The Morgan fingerprint density at radius 2 is 2.05 bits per heavy atom. The van der Waals surface area contributed by atoms with E-state index in [0.717, 1.165) is 43.6 Å². The van der Waals surface area contributed by atoms with Crippen molar-refractivity contribution in [3.8, 4) is 5.88 Å². The molecule has 1 fully saturated rings. The molecule has 19 heavy (non-hydrogen) atoms. The van der Waals surface area contributed by atoms with Crippen LogP contribution in [0.25, 0.3) is 0 Å². The highest BCUT2D eigenvalue weighted by Crippen LogP contribution is 2.26. The SMILES string of the molecule is CCOc1ncnc(NCC2CCC(O)CC2)c1C. The van der Waals surface area contributed by atoms with Gasteiger partial charge in [0.25, 0.3) is 0 Å². The second kappa shape index (κ2) is 6.70. The summed E-state index contributed by atoms with van der Waals surface area (Å²) in [6.07, 6.45) is 5.43. The molecule has 106 valence electrons. The topological polar surface area (TPSA) is 67.3 Å². The minimum atomic E-state index is -0.0957. The Morgan fingerprint density at radius 1 is 1.32 bits per heavy atom. The van der Waals surface area contributed by atoms with E-state index in [1.54, 1.807) is 0 Å². The Kier molecular flexibility index (Phi) is 4.96. The van der Waals surface area contributed by atoms with Gasteiger partial charge in [0.1, 0.15) is 12.1 Å². The standard InChI is InChI=1S/C14H23N3O2/c1-3-19-14-10(2)13(16-9-17-14)15-8-11-4-6-12(18)7-5-11/h9,11-12,18H,3-8H2,1-2H3,(H,15,16,17). The van der Waals surface area contributed by atoms with Crippen LogP contribution in [-0.4, -0.2) is 34.3 Å². The maximum Gasteiger partial charge on any atom is 0.221 e. The summed E-state index contributed by atoms with van der Waals surface area (Å²) in [5, 5.41) is 12.9. The van der Waals surface area contributed by atoms with Gasteiger partial charge in [-0.05, 0) is 45.4 Å². The summed E-state index contributed by atoms with van der Waals surface area (Å²) in [6, 6.07) is 0. The summed E-state index contributed by atoms with van der Waals surface area (Å²) < 4.78 is 5.46. The molecule has 5 heteroatoms. The fourth-order valence-electron chi connectivity index (χ4n) is 2.48. The largest absolute Gasteiger partial charge is 0.478 e. The number of hydrogen-bond acceptors (Lipinski definition) is 5. The lowest BCUT2D eigenvalue weighted by Crippen LogP contribution is -2.24. The third kappa shape index (κ3) is 3.80. The Labute approximate surface area is 114 Å². The average Bonchev–Trinajstić information content (AvgIpc) is 2.42. The molecule has 2 rings (SSSR count). The van der Waals surface area contributed by atoms with E-state index in [0.29, 0.717) is 18.4 Å². The van der Waals surface area contributed by atoms with Crippen molar-refractivity contribution in [3.63, 3.8) is 0 Å². The first kappa shape index (κ1) is 14.1. The normalized spacial score (nSPS) is 23.1. The third-order valence-corrected chi connectivity index (χ3v) is 3.69. The van der Waals surface area contributed by atoms with Crippen molar-refractivity contribution >= 4 is 5.82 Å². The lowest BCUT2D eigenvalue weighted by molar-refractivity contribution is 0.111. The fraction of sp³-hybridized carbons (Fsp3) is 0.714. The van der Waals surface area contributed by atoms with E-state index in [2.05, 4.69) is 15.3 Å². The zero-order chi connectivity index (χ0) is 13.7. The molecular weight excluding hydrogens is 242 g/mol. The number of ether oxygens (including phenoxy) is 1. The van der Waals surface area contributed by atoms with Crippen molar-refractivity contribution < 1.29 is 9.84 Å². The predicted octanol–water partition coefficient (Wildman–Crippen LogP) is 2.15. The minimum absolute atomic E-state index is 0.0957. The van der Waals surface area contributed by atoms with Crippen molar-refractivity contribution in [1.29, 1.82) is 0 Å². The summed E-state index contributed by atoms with van der Waals surface area (Å²) >= 11 is 0. The zero-order valence-electron chi connectivity index (χ0n) is 11.7. The molecule has 0 spiro atoms. The van der Waals surface area contributed by atoms with Gasteiger partial charge in [0, 0.05) is 6.54 Å². The number of rotatable bonds is 5. The van der Waals surface area contributed by atoms with Crippen LogP contribution in [0, 0.1) is 12.8 Å². The number of hydrogen-bond donors (Lipinski definition) is 2. The minimum Gasteiger partial charge on any atom is -0.478 e. The van der Waals surface area contributed by atoms with E-state index < -0.39 is 0 Å². The van der Waals surface area contributed by atoms with Gasteiger partial charge >= 0.3 is 0 Å². The molecule has 1 heterocycles. The molecule has 0 unspecified atom stereocenters. The van der Waals surface area contributed by atoms with Crippen LogP contribution < -0.4 is 10.1 Å². The number of nitrogens with one attached hydrogen (secondary N) is 1. The smallest absolute Gasteiger partial charge is 0.221 e. The van der Waals surface area contributed by atoms with Crippen molar-refractivity contribution in [2.75, 3.05) is 18.5 Å². The Hall–Kier alpha value is -1.36. The van der Waals surface area contributed by atoms with E-state index in [4.69, 9.17) is 4.74 Å². The number of aliphatic hydroxyl groups excluding tert-OH is 1. The van der Waals surface area contributed by atoms with Crippen LogP contribution in [0.5, 0.6) is 5.88 Å². The van der Waals surface area contributed by atoms with Gasteiger partial charge < -0.3 is 15.2 Å². The maximum atomic E-state index is 9.49. The Morgan fingerprint density at radius 3 is 2.74 bits per heavy atom. The van der Waals surface area contributed by atoms with Crippen molar-refractivity contribution in [2.45, 2.75) is 45.6 Å². The molecule has 1 saturated carbocycles. The van der Waals surface area contributed by atoms with E-state index in [-0.39, 0.29) is 6.10 Å². The highest BCUT2D eigenvalue weighted by atomic mass is 16.5. The van der Waals surface area contributed by atoms with E-state index >= 15 is 0 Å². The zero-order valence-corrected chi connectivity index (χ0v) is 11.7. The summed E-state index contributed by atoms with van der Waals surface area (Å²) in [7, 11) is 0. The molecule has 0 amide bonds. The predicted molar refractivity (Wildman–Crippen MR) is 74.4 cm³/mol. The summed E-state index contributed by atoms with van der Waals surface area (Å²) in [5.74, 6) is 2.12. The van der Waals surface area contributed by atoms with Gasteiger partial charge in [-0.25, -0.2) is 9.97 Å². The lowest BCUT2D eigenvalue weighted by Gasteiger charge is -2.25. The first-order valence-electron chi connectivity index (χ1n) is 7.07.